The molecule has 178 valence electrons. The summed E-state index contributed by atoms with van der Waals surface area (Å²) in [5.74, 6) is -1.27. The number of carbonyl (C=O) groups is 1. The first-order valence-electron chi connectivity index (χ1n) is 10.4. The molecule has 0 bridgehead atoms. The number of rotatable bonds is 6. The second-order valence-electron chi connectivity index (χ2n) is 7.66. The lowest BCUT2D eigenvalue weighted by Gasteiger charge is -2.15. The van der Waals surface area contributed by atoms with Crippen LogP contribution in [0.25, 0.3) is 22.4 Å². The maximum absolute atomic E-state index is 14.4. The van der Waals surface area contributed by atoms with E-state index in [-0.39, 0.29) is 27.3 Å². The molecule has 9 heteroatoms. The molecule has 0 saturated heterocycles. The van der Waals surface area contributed by atoms with Gasteiger partial charge in [0.25, 0.3) is 5.91 Å². The standard InChI is InChI=1S/C26H20ClFN2O4S/c1-34-25-18(6-5-7-23(25)28)20-15-17(35(2,32)33)10-11-19(20)26(31)30-16-9-12-22(27)21(14-16)24-8-3-4-13-29-24/h3-15H,1-2H3,(H,30,31). The number of pyridine rings is 1. The molecule has 0 atom stereocenters. The molecule has 0 aliphatic heterocycles. The van der Waals surface area contributed by atoms with Gasteiger partial charge in [-0.25, -0.2) is 12.8 Å². The van der Waals surface area contributed by atoms with Crippen molar-refractivity contribution in [2.75, 3.05) is 18.7 Å². The number of methoxy groups -OCH3 is 1. The third-order valence-corrected chi connectivity index (χ3v) is 6.73. The van der Waals surface area contributed by atoms with Crippen LogP contribution >= 0.6 is 11.6 Å². The number of anilines is 1. The second-order valence-corrected chi connectivity index (χ2v) is 10.1. The van der Waals surface area contributed by atoms with Crippen molar-refractivity contribution in [2.24, 2.45) is 0 Å². The van der Waals surface area contributed by atoms with Crippen molar-refractivity contribution in [2.45, 2.75) is 4.90 Å². The zero-order valence-electron chi connectivity index (χ0n) is 18.7. The molecule has 1 aromatic heterocycles. The van der Waals surface area contributed by atoms with Gasteiger partial charge < -0.3 is 10.1 Å². The zero-order valence-corrected chi connectivity index (χ0v) is 20.3. The van der Waals surface area contributed by atoms with Gasteiger partial charge in [0.2, 0.25) is 0 Å². The van der Waals surface area contributed by atoms with Gasteiger partial charge in [-0.3, -0.25) is 9.78 Å². The van der Waals surface area contributed by atoms with Crippen LogP contribution < -0.4 is 10.1 Å². The highest BCUT2D eigenvalue weighted by Gasteiger charge is 2.21. The van der Waals surface area contributed by atoms with E-state index < -0.39 is 21.6 Å². The van der Waals surface area contributed by atoms with Gasteiger partial charge in [0.05, 0.1) is 22.7 Å². The molecule has 6 nitrogen and oxygen atoms in total. The monoisotopic (exact) mass is 510 g/mol. The van der Waals surface area contributed by atoms with Gasteiger partial charge in [-0.1, -0.05) is 29.8 Å². The molecule has 0 unspecified atom stereocenters. The Morgan fingerprint density at radius 2 is 1.77 bits per heavy atom. The highest BCUT2D eigenvalue weighted by molar-refractivity contribution is 7.90. The Kier molecular flexibility index (Phi) is 6.86. The van der Waals surface area contributed by atoms with E-state index in [1.165, 1.54) is 37.4 Å². The number of nitrogens with zero attached hydrogens (tertiary/aromatic N) is 1. The van der Waals surface area contributed by atoms with Gasteiger partial charge >= 0.3 is 0 Å². The van der Waals surface area contributed by atoms with Crippen molar-refractivity contribution in [3.8, 4) is 28.1 Å². The number of nitrogens with one attached hydrogen (secondary N) is 1. The van der Waals surface area contributed by atoms with Crippen LogP contribution in [0.1, 0.15) is 10.4 Å². The van der Waals surface area contributed by atoms with Crippen molar-refractivity contribution in [3.63, 3.8) is 0 Å². The summed E-state index contributed by atoms with van der Waals surface area (Å²) in [5.41, 5.74) is 2.30. The molecule has 0 spiro atoms. The lowest BCUT2D eigenvalue weighted by molar-refractivity contribution is 0.102. The molecule has 1 N–H and O–H groups in total. The third kappa shape index (κ3) is 5.18. The molecule has 0 aliphatic carbocycles. The molecular formula is C26H20ClFN2O4S. The summed E-state index contributed by atoms with van der Waals surface area (Å²) in [6.07, 6.45) is 2.69. The molecule has 4 rings (SSSR count). The summed E-state index contributed by atoms with van der Waals surface area (Å²) >= 11 is 6.34. The number of ether oxygens (including phenoxy) is 1. The summed E-state index contributed by atoms with van der Waals surface area (Å²) < 4.78 is 44.0. The van der Waals surface area contributed by atoms with Crippen LogP contribution in [0.5, 0.6) is 5.75 Å². The Hall–Kier alpha value is -3.75. The minimum absolute atomic E-state index is 0.0145. The van der Waals surface area contributed by atoms with E-state index in [0.29, 0.717) is 22.0 Å². The molecule has 1 amide bonds. The molecule has 3 aromatic carbocycles. The van der Waals surface area contributed by atoms with E-state index in [4.69, 9.17) is 16.3 Å². The quantitative estimate of drug-likeness (QED) is 0.350. The van der Waals surface area contributed by atoms with E-state index in [0.717, 1.165) is 6.26 Å². The van der Waals surface area contributed by atoms with E-state index in [2.05, 4.69) is 10.3 Å². The van der Waals surface area contributed by atoms with Gasteiger partial charge in [0.15, 0.2) is 21.4 Å². The summed E-state index contributed by atoms with van der Waals surface area (Å²) in [4.78, 5) is 17.6. The maximum atomic E-state index is 14.4. The fourth-order valence-corrected chi connectivity index (χ4v) is 4.48. The second kappa shape index (κ2) is 9.85. The smallest absolute Gasteiger partial charge is 0.256 e. The molecule has 1 heterocycles. The first kappa shape index (κ1) is 24.4. The molecule has 0 saturated carbocycles. The highest BCUT2D eigenvalue weighted by Crippen LogP contribution is 2.36. The van der Waals surface area contributed by atoms with E-state index in [1.54, 1.807) is 42.6 Å². The number of halogens is 2. The number of sulfone groups is 1. The Morgan fingerprint density at radius 3 is 2.46 bits per heavy atom. The van der Waals surface area contributed by atoms with Crippen LogP contribution in [0.4, 0.5) is 10.1 Å². The minimum atomic E-state index is -3.59. The minimum Gasteiger partial charge on any atom is -0.493 e. The Balaban J connectivity index is 1.80. The number of aromatic nitrogens is 1. The molecule has 0 fully saturated rings. The number of benzene rings is 3. The van der Waals surface area contributed by atoms with E-state index in [1.807, 2.05) is 6.07 Å². The number of para-hydroxylation sites is 1. The van der Waals surface area contributed by atoms with Crippen LogP contribution in [-0.4, -0.2) is 32.7 Å². The number of carbonyl (C=O) groups excluding carboxylic acids is 1. The van der Waals surface area contributed by atoms with Crippen molar-refractivity contribution in [1.29, 1.82) is 0 Å². The van der Waals surface area contributed by atoms with Crippen LogP contribution in [-0.2, 0) is 9.84 Å². The number of hydrogen-bond donors (Lipinski definition) is 1. The van der Waals surface area contributed by atoms with Crippen LogP contribution in [0.15, 0.2) is 83.9 Å². The van der Waals surface area contributed by atoms with Gasteiger partial charge in [0.1, 0.15) is 0 Å². The van der Waals surface area contributed by atoms with Crippen LogP contribution in [0.2, 0.25) is 5.02 Å². The molecule has 35 heavy (non-hydrogen) atoms. The number of hydrogen-bond acceptors (Lipinski definition) is 5. The van der Waals surface area contributed by atoms with Gasteiger partial charge in [0, 0.05) is 34.8 Å². The highest BCUT2D eigenvalue weighted by atomic mass is 35.5. The van der Waals surface area contributed by atoms with E-state index >= 15 is 0 Å². The van der Waals surface area contributed by atoms with Gasteiger partial charge in [-0.2, -0.15) is 0 Å². The van der Waals surface area contributed by atoms with Crippen molar-refractivity contribution in [3.05, 3.63) is 95.4 Å². The van der Waals surface area contributed by atoms with Crippen LogP contribution in [0, 0.1) is 5.82 Å². The topological polar surface area (TPSA) is 85.4 Å². The lowest BCUT2D eigenvalue weighted by atomic mass is 9.98. The number of amides is 1. The van der Waals surface area contributed by atoms with Crippen molar-refractivity contribution >= 4 is 33.0 Å². The fourth-order valence-electron chi connectivity index (χ4n) is 3.62. The zero-order chi connectivity index (χ0) is 25.2. The van der Waals surface area contributed by atoms with Gasteiger partial charge in [-0.15, -0.1) is 0 Å². The first-order chi connectivity index (χ1) is 16.7. The molecule has 0 aliphatic rings. The van der Waals surface area contributed by atoms with Crippen LogP contribution in [0.3, 0.4) is 0 Å². The maximum Gasteiger partial charge on any atom is 0.256 e. The summed E-state index contributed by atoms with van der Waals surface area (Å²) in [6, 6.07) is 18.7. The summed E-state index contributed by atoms with van der Waals surface area (Å²) in [5, 5.41) is 3.27. The van der Waals surface area contributed by atoms with Gasteiger partial charge in [-0.05, 0) is 60.2 Å². The first-order valence-corrected chi connectivity index (χ1v) is 12.7. The third-order valence-electron chi connectivity index (χ3n) is 5.29. The Morgan fingerprint density at radius 1 is 0.971 bits per heavy atom. The predicted molar refractivity (Wildman–Crippen MR) is 134 cm³/mol. The van der Waals surface area contributed by atoms with E-state index in [9.17, 15) is 17.6 Å². The fraction of sp³-hybridized carbons (Fsp3) is 0.0769. The van der Waals surface area contributed by atoms with Crippen molar-refractivity contribution < 1.29 is 22.3 Å². The predicted octanol–water partition coefficient (Wildman–Crippen LogP) is 5.87. The van der Waals surface area contributed by atoms with Crippen molar-refractivity contribution in [1.82, 2.24) is 4.98 Å². The molecule has 0 radical (unpaired) electrons. The molecular weight excluding hydrogens is 491 g/mol. The Bertz CT molecular complexity index is 1530. The average molecular weight is 511 g/mol. The molecule has 4 aromatic rings. The lowest BCUT2D eigenvalue weighted by Crippen LogP contribution is -2.14. The largest absolute Gasteiger partial charge is 0.493 e. The normalized spacial score (nSPS) is 11.2. The summed E-state index contributed by atoms with van der Waals surface area (Å²) in [7, 11) is -2.29. The SMILES string of the molecule is COc1c(F)cccc1-c1cc(S(C)(=O)=O)ccc1C(=O)Nc1ccc(Cl)c(-c2ccccn2)c1. The Labute approximate surface area is 207 Å². The average Bonchev–Trinajstić information content (AvgIpc) is 2.84. The summed E-state index contributed by atoms with van der Waals surface area (Å²) in [6.45, 7) is 0.